The van der Waals surface area contributed by atoms with Crippen molar-refractivity contribution < 1.29 is 19.4 Å². The Morgan fingerprint density at radius 3 is 2.67 bits per heavy atom. The SMILES string of the molecule is CC(CO)CCCNC(=O)C1Oc2ccccc2OC1C. The van der Waals surface area contributed by atoms with Gasteiger partial charge in [-0.05, 0) is 37.8 Å². The lowest BCUT2D eigenvalue weighted by molar-refractivity contribution is -0.133. The highest BCUT2D eigenvalue weighted by molar-refractivity contribution is 5.82. The minimum absolute atomic E-state index is 0.159. The molecule has 0 saturated heterocycles. The average Bonchev–Trinajstić information content (AvgIpc) is 2.50. The van der Waals surface area contributed by atoms with Crippen LogP contribution in [-0.4, -0.2) is 36.4 Å². The van der Waals surface area contributed by atoms with Crippen molar-refractivity contribution in [2.45, 2.75) is 38.9 Å². The molecule has 2 rings (SSSR count). The van der Waals surface area contributed by atoms with Crippen LogP contribution in [0.25, 0.3) is 0 Å². The maximum absolute atomic E-state index is 12.2. The standard InChI is InChI=1S/C16H23NO4/c1-11(10-18)6-5-9-17-16(19)15-12(2)20-13-7-3-4-8-14(13)21-15/h3-4,7-8,11-12,15,18H,5-6,9-10H2,1-2H3,(H,17,19). The Morgan fingerprint density at radius 2 is 2.00 bits per heavy atom. The lowest BCUT2D eigenvalue weighted by Crippen LogP contribution is -2.49. The third kappa shape index (κ3) is 4.11. The molecule has 1 aromatic carbocycles. The van der Waals surface area contributed by atoms with Crippen molar-refractivity contribution in [1.82, 2.24) is 5.32 Å². The number of fused-ring (bicyclic) bond motifs is 1. The predicted octanol–water partition coefficient (Wildman–Crippen LogP) is 1.74. The number of rotatable bonds is 6. The summed E-state index contributed by atoms with van der Waals surface area (Å²) in [5, 5.41) is 11.8. The van der Waals surface area contributed by atoms with Crippen LogP contribution in [0.15, 0.2) is 24.3 Å². The number of aliphatic hydroxyl groups is 1. The number of benzene rings is 1. The van der Waals surface area contributed by atoms with Crippen LogP contribution in [0.2, 0.25) is 0 Å². The Kier molecular flexibility index (Phi) is 5.44. The van der Waals surface area contributed by atoms with Gasteiger partial charge in [0, 0.05) is 13.2 Å². The van der Waals surface area contributed by atoms with Gasteiger partial charge in [0.1, 0.15) is 6.10 Å². The van der Waals surface area contributed by atoms with Crippen LogP contribution in [0.4, 0.5) is 0 Å². The Balaban J connectivity index is 1.83. The van der Waals surface area contributed by atoms with E-state index in [0.29, 0.717) is 18.0 Å². The zero-order valence-corrected chi connectivity index (χ0v) is 12.5. The van der Waals surface area contributed by atoms with Crippen LogP contribution >= 0.6 is 0 Å². The van der Waals surface area contributed by atoms with Crippen molar-refractivity contribution in [2.75, 3.05) is 13.2 Å². The zero-order valence-electron chi connectivity index (χ0n) is 12.5. The number of hydrogen-bond acceptors (Lipinski definition) is 4. The van der Waals surface area contributed by atoms with Gasteiger partial charge in [-0.1, -0.05) is 19.1 Å². The molecule has 0 radical (unpaired) electrons. The Morgan fingerprint density at radius 1 is 1.33 bits per heavy atom. The maximum atomic E-state index is 12.2. The van der Waals surface area contributed by atoms with Crippen LogP contribution in [0, 0.1) is 5.92 Å². The predicted molar refractivity (Wildman–Crippen MR) is 79.4 cm³/mol. The molecule has 1 heterocycles. The highest BCUT2D eigenvalue weighted by Gasteiger charge is 2.33. The van der Waals surface area contributed by atoms with Crippen LogP contribution in [0.1, 0.15) is 26.7 Å². The summed E-state index contributed by atoms with van der Waals surface area (Å²) in [4.78, 5) is 12.2. The summed E-state index contributed by atoms with van der Waals surface area (Å²) < 4.78 is 11.4. The molecule has 2 N–H and O–H groups in total. The van der Waals surface area contributed by atoms with Gasteiger partial charge < -0.3 is 19.9 Å². The summed E-state index contributed by atoms with van der Waals surface area (Å²) in [6.07, 6.45) is 0.773. The fraction of sp³-hybridized carbons (Fsp3) is 0.562. The van der Waals surface area contributed by atoms with Crippen LogP contribution in [0.5, 0.6) is 11.5 Å². The molecule has 0 aliphatic carbocycles. The molecule has 0 saturated carbocycles. The van der Waals surface area contributed by atoms with Gasteiger partial charge >= 0.3 is 0 Å². The third-order valence-corrected chi connectivity index (χ3v) is 3.59. The van der Waals surface area contributed by atoms with Crippen molar-refractivity contribution in [3.8, 4) is 11.5 Å². The Bertz CT molecular complexity index is 477. The van der Waals surface area contributed by atoms with E-state index in [4.69, 9.17) is 14.6 Å². The van der Waals surface area contributed by atoms with Gasteiger partial charge in [-0.2, -0.15) is 0 Å². The van der Waals surface area contributed by atoms with Crippen molar-refractivity contribution in [3.05, 3.63) is 24.3 Å². The zero-order chi connectivity index (χ0) is 15.2. The lowest BCUT2D eigenvalue weighted by Gasteiger charge is -2.31. The van der Waals surface area contributed by atoms with E-state index >= 15 is 0 Å². The number of amides is 1. The van der Waals surface area contributed by atoms with Crippen molar-refractivity contribution in [1.29, 1.82) is 0 Å². The number of hydrogen-bond donors (Lipinski definition) is 2. The molecule has 21 heavy (non-hydrogen) atoms. The van der Waals surface area contributed by atoms with Crippen molar-refractivity contribution >= 4 is 5.91 Å². The first-order valence-electron chi connectivity index (χ1n) is 7.42. The van der Waals surface area contributed by atoms with E-state index in [0.717, 1.165) is 12.8 Å². The van der Waals surface area contributed by atoms with Gasteiger partial charge in [0.2, 0.25) is 6.10 Å². The smallest absolute Gasteiger partial charge is 0.265 e. The van der Waals surface area contributed by atoms with Gasteiger partial charge in [0.05, 0.1) is 0 Å². The number of carbonyl (C=O) groups excluding carboxylic acids is 1. The van der Waals surface area contributed by atoms with Crippen molar-refractivity contribution in [3.63, 3.8) is 0 Å². The third-order valence-electron chi connectivity index (χ3n) is 3.59. The first kappa shape index (κ1) is 15.6. The van der Waals surface area contributed by atoms with E-state index < -0.39 is 6.10 Å². The second-order valence-electron chi connectivity index (χ2n) is 5.53. The summed E-state index contributed by atoms with van der Waals surface area (Å²) >= 11 is 0. The highest BCUT2D eigenvalue weighted by Crippen LogP contribution is 2.33. The normalized spacial score (nSPS) is 21.7. The number of aliphatic hydroxyl groups excluding tert-OH is 1. The first-order chi connectivity index (χ1) is 10.1. The molecule has 0 bridgehead atoms. The van der Waals surface area contributed by atoms with Gasteiger partial charge in [0.15, 0.2) is 11.5 Å². The minimum atomic E-state index is -0.629. The minimum Gasteiger partial charge on any atom is -0.482 e. The molecule has 1 aliphatic rings. The molecule has 116 valence electrons. The van der Waals surface area contributed by atoms with Crippen LogP contribution < -0.4 is 14.8 Å². The Labute approximate surface area is 125 Å². The van der Waals surface area contributed by atoms with E-state index in [1.807, 2.05) is 32.0 Å². The van der Waals surface area contributed by atoms with Gasteiger partial charge in [-0.25, -0.2) is 0 Å². The van der Waals surface area contributed by atoms with Gasteiger partial charge in [-0.3, -0.25) is 4.79 Å². The molecule has 3 unspecified atom stereocenters. The monoisotopic (exact) mass is 293 g/mol. The molecule has 1 aromatic rings. The second-order valence-corrected chi connectivity index (χ2v) is 5.53. The fourth-order valence-electron chi connectivity index (χ4n) is 2.26. The summed E-state index contributed by atoms with van der Waals surface area (Å²) in [6.45, 7) is 4.58. The molecule has 3 atom stereocenters. The molecule has 5 nitrogen and oxygen atoms in total. The number of ether oxygens (including phenoxy) is 2. The quantitative estimate of drug-likeness (QED) is 0.784. The fourth-order valence-corrected chi connectivity index (χ4v) is 2.26. The average molecular weight is 293 g/mol. The summed E-state index contributed by atoms with van der Waals surface area (Å²) in [5.41, 5.74) is 0. The molecule has 0 spiro atoms. The Hall–Kier alpha value is -1.75. The van der Waals surface area contributed by atoms with E-state index in [1.165, 1.54) is 0 Å². The van der Waals surface area contributed by atoms with E-state index in [1.54, 1.807) is 6.07 Å². The lowest BCUT2D eigenvalue weighted by atomic mass is 10.1. The summed E-state index contributed by atoms with van der Waals surface area (Å²) in [7, 11) is 0. The number of para-hydroxylation sites is 2. The van der Waals surface area contributed by atoms with E-state index in [2.05, 4.69) is 5.32 Å². The topological polar surface area (TPSA) is 67.8 Å². The van der Waals surface area contributed by atoms with Gasteiger partial charge in [-0.15, -0.1) is 0 Å². The molecular weight excluding hydrogens is 270 g/mol. The number of nitrogens with one attached hydrogen (secondary N) is 1. The maximum Gasteiger partial charge on any atom is 0.265 e. The van der Waals surface area contributed by atoms with Crippen LogP contribution in [-0.2, 0) is 4.79 Å². The van der Waals surface area contributed by atoms with Crippen LogP contribution in [0.3, 0.4) is 0 Å². The highest BCUT2D eigenvalue weighted by atomic mass is 16.6. The molecule has 1 amide bonds. The number of carbonyl (C=O) groups is 1. The largest absolute Gasteiger partial charge is 0.482 e. The molecule has 0 fully saturated rings. The molecule has 5 heteroatoms. The van der Waals surface area contributed by atoms with Gasteiger partial charge in [0.25, 0.3) is 5.91 Å². The molecular formula is C16H23NO4. The summed E-state index contributed by atoms with van der Waals surface area (Å²) in [5.74, 6) is 1.38. The van der Waals surface area contributed by atoms with E-state index in [9.17, 15) is 4.79 Å². The molecule has 1 aliphatic heterocycles. The van der Waals surface area contributed by atoms with E-state index in [-0.39, 0.29) is 24.5 Å². The second kappa shape index (κ2) is 7.31. The van der Waals surface area contributed by atoms with Crippen molar-refractivity contribution in [2.24, 2.45) is 5.92 Å². The summed E-state index contributed by atoms with van der Waals surface area (Å²) in [6, 6.07) is 7.35. The molecule has 0 aromatic heterocycles. The first-order valence-corrected chi connectivity index (χ1v) is 7.42.